The highest BCUT2D eigenvalue weighted by Gasteiger charge is 2.26. The molecule has 5 N–H and O–H groups in total. The van der Waals surface area contributed by atoms with Crippen molar-refractivity contribution in [1.82, 2.24) is 0 Å². The molecule has 0 bridgehead atoms. The standard InChI is InChI=1S/C21H23N3O7/c1-3-4-5-15(22)19(25)23-16-10-14(20(26)27)18(17(11(16)2)21(28)29)12-6-8-13(9-7-12)24(30)31/h6-10,15H,3-5,22H2,1-2H3,(H,23,25)(H,26,27)(H,28,29)/t15-/m0/s1. The minimum absolute atomic E-state index is 0.0254. The summed E-state index contributed by atoms with van der Waals surface area (Å²) < 4.78 is 0. The number of rotatable bonds is 9. The number of nitro benzene ring substituents is 1. The van der Waals surface area contributed by atoms with Gasteiger partial charge in [-0.3, -0.25) is 14.9 Å². The van der Waals surface area contributed by atoms with E-state index in [0.29, 0.717) is 6.42 Å². The molecular formula is C21H23N3O7. The number of carboxylic acids is 2. The molecule has 0 radical (unpaired) electrons. The SMILES string of the molecule is CCCC[C@H](N)C(=O)Nc1cc(C(=O)O)c(-c2ccc([N+](=O)[O-])cc2)c(C(=O)O)c1C. The van der Waals surface area contributed by atoms with Gasteiger partial charge in [-0.1, -0.05) is 19.8 Å². The van der Waals surface area contributed by atoms with Crippen molar-refractivity contribution in [2.24, 2.45) is 5.73 Å². The van der Waals surface area contributed by atoms with E-state index in [1.165, 1.54) is 25.1 Å². The molecule has 0 saturated carbocycles. The van der Waals surface area contributed by atoms with E-state index in [0.717, 1.165) is 25.0 Å². The van der Waals surface area contributed by atoms with Crippen molar-refractivity contribution in [2.45, 2.75) is 39.2 Å². The van der Waals surface area contributed by atoms with Crippen LogP contribution in [0.15, 0.2) is 30.3 Å². The highest BCUT2D eigenvalue weighted by molar-refractivity contribution is 6.09. The van der Waals surface area contributed by atoms with Gasteiger partial charge in [-0.25, -0.2) is 9.59 Å². The smallest absolute Gasteiger partial charge is 0.336 e. The van der Waals surface area contributed by atoms with Gasteiger partial charge in [-0.15, -0.1) is 0 Å². The van der Waals surface area contributed by atoms with Gasteiger partial charge in [0.1, 0.15) is 0 Å². The fourth-order valence-electron chi connectivity index (χ4n) is 3.18. The number of hydrogen-bond acceptors (Lipinski definition) is 6. The Labute approximate surface area is 177 Å². The molecule has 0 spiro atoms. The van der Waals surface area contributed by atoms with E-state index < -0.39 is 28.8 Å². The molecule has 2 aromatic carbocycles. The van der Waals surface area contributed by atoms with Gasteiger partial charge < -0.3 is 21.3 Å². The Balaban J connectivity index is 2.63. The summed E-state index contributed by atoms with van der Waals surface area (Å²) in [4.78, 5) is 46.6. The number of hydrogen-bond donors (Lipinski definition) is 4. The second-order valence-corrected chi connectivity index (χ2v) is 7.00. The van der Waals surface area contributed by atoms with Crippen LogP contribution in [0.5, 0.6) is 0 Å². The lowest BCUT2D eigenvalue weighted by Gasteiger charge is -2.19. The number of nitro groups is 1. The predicted octanol–water partition coefficient (Wildman–Crippen LogP) is 3.42. The maximum absolute atomic E-state index is 12.4. The first-order valence-corrected chi connectivity index (χ1v) is 9.53. The molecule has 0 saturated heterocycles. The summed E-state index contributed by atoms with van der Waals surface area (Å²) in [5.74, 6) is -3.37. The van der Waals surface area contributed by atoms with Crippen LogP contribution in [-0.4, -0.2) is 39.0 Å². The maximum Gasteiger partial charge on any atom is 0.336 e. The van der Waals surface area contributed by atoms with Crippen molar-refractivity contribution in [2.75, 3.05) is 5.32 Å². The van der Waals surface area contributed by atoms with E-state index in [9.17, 15) is 34.7 Å². The van der Waals surface area contributed by atoms with Gasteiger partial charge in [0.25, 0.3) is 5.69 Å². The Morgan fingerprint density at radius 2 is 1.77 bits per heavy atom. The lowest BCUT2D eigenvalue weighted by molar-refractivity contribution is -0.384. The number of anilines is 1. The Bertz CT molecular complexity index is 1030. The number of nitrogens with zero attached hydrogens (tertiary/aromatic N) is 1. The third-order valence-electron chi connectivity index (χ3n) is 4.86. The second kappa shape index (κ2) is 9.81. The van der Waals surface area contributed by atoms with Crippen LogP contribution in [0, 0.1) is 17.0 Å². The van der Waals surface area contributed by atoms with Gasteiger partial charge in [0.2, 0.25) is 5.91 Å². The van der Waals surface area contributed by atoms with Crippen molar-refractivity contribution in [1.29, 1.82) is 0 Å². The zero-order valence-corrected chi connectivity index (χ0v) is 17.0. The van der Waals surface area contributed by atoms with Crippen molar-refractivity contribution >= 4 is 29.2 Å². The largest absolute Gasteiger partial charge is 0.478 e. The molecule has 0 aliphatic carbocycles. The number of carbonyl (C=O) groups is 3. The first-order valence-electron chi connectivity index (χ1n) is 9.53. The van der Waals surface area contributed by atoms with Gasteiger partial charge in [0.05, 0.1) is 22.1 Å². The zero-order chi connectivity index (χ0) is 23.3. The molecule has 164 valence electrons. The van der Waals surface area contributed by atoms with Crippen molar-refractivity contribution < 1.29 is 29.5 Å². The molecule has 0 aliphatic heterocycles. The zero-order valence-electron chi connectivity index (χ0n) is 17.0. The monoisotopic (exact) mass is 429 g/mol. The number of aromatic carboxylic acids is 2. The number of carbonyl (C=O) groups excluding carboxylic acids is 1. The van der Waals surface area contributed by atoms with Crippen LogP contribution in [-0.2, 0) is 4.79 Å². The Morgan fingerprint density at radius 3 is 2.26 bits per heavy atom. The number of amides is 1. The van der Waals surface area contributed by atoms with E-state index in [-0.39, 0.29) is 39.2 Å². The summed E-state index contributed by atoms with van der Waals surface area (Å²) in [6.07, 6.45) is 2.00. The summed E-state index contributed by atoms with van der Waals surface area (Å²) in [5, 5.41) is 32.9. The van der Waals surface area contributed by atoms with Crippen LogP contribution >= 0.6 is 0 Å². The topological polar surface area (TPSA) is 173 Å². The molecule has 0 heterocycles. The number of nitrogens with one attached hydrogen (secondary N) is 1. The van der Waals surface area contributed by atoms with Gasteiger partial charge in [0, 0.05) is 23.4 Å². The fourth-order valence-corrected chi connectivity index (χ4v) is 3.18. The minimum atomic E-state index is -1.42. The molecule has 0 unspecified atom stereocenters. The number of carboxylic acid groups (broad SMARTS) is 2. The molecule has 10 heteroatoms. The summed E-state index contributed by atoms with van der Waals surface area (Å²) in [5.41, 5.74) is 5.18. The van der Waals surface area contributed by atoms with E-state index in [2.05, 4.69) is 5.32 Å². The molecule has 0 aliphatic rings. The molecular weight excluding hydrogens is 406 g/mol. The van der Waals surface area contributed by atoms with Gasteiger partial charge in [0.15, 0.2) is 0 Å². The van der Waals surface area contributed by atoms with Gasteiger partial charge >= 0.3 is 11.9 Å². The first kappa shape index (κ1) is 23.5. The first-order chi connectivity index (χ1) is 14.6. The van der Waals surface area contributed by atoms with Gasteiger partial charge in [-0.2, -0.15) is 0 Å². The normalized spacial score (nSPS) is 11.6. The van der Waals surface area contributed by atoms with Gasteiger partial charge in [-0.05, 0) is 42.7 Å². The Kier molecular flexibility index (Phi) is 7.43. The lowest BCUT2D eigenvalue weighted by atomic mass is 9.89. The van der Waals surface area contributed by atoms with Crippen molar-refractivity contribution in [3.63, 3.8) is 0 Å². The van der Waals surface area contributed by atoms with Crippen molar-refractivity contribution in [3.8, 4) is 11.1 Å². The molecule has 2 aromatic rings. The molecule has 1 amide bonds. The van der Waals surface area contributed by atoms with Crippen LogP contribution in [0.2, 0.25) is 0 Å². The average molecular weight is 429 g/mol. The number of benzene rings is 2. The molecule has 1 atom stereocenters. The maximum atomic E-state index is 12.4. The quantitative estimate of drug-likeness (QED) is 0.346. The summed E-state index contributed by atoms with van der Waals surface area (Å²) in [7, 11) is 0. The van der Waals surface area contributed by atoms with E-state index in [1.807, 2.05) is 6.92 Å². The van der Waals surface area contributed by atoms with Crippen LogP contribution < -0.4 is 11.1 Å². The van der Waals surface area contributed by atoms with Crippen LogP contribution in [0.3, 0.4) is 0 Å². The third kappa shape index (κ3) is 5.23. The van der Waals surface area contributed by atoms with E-state index in [4.69, 9.17) is 5.73 Å². The minimum Gasteiger partial charge on any atom is -0.478 e. The lowest BCUT2D eigenvalue weighted by Crippen LogP contribution is -2.35. The molecule has 31 heavy (non-hydrogen) atoms. The van der Waals surface area contributed by atoms with Crippen LogP contribution in [0.4, 0.5) is 11.4 Å². The molecule has 0 fully saturated rings. The molecule has 0 aromatic heterocycles. The van der Waals surface area contributed by atoms with Crippen LogP contribution in [0.1, 0.15) is 52.5 Å². The van der Waals surface area contributed by atoms with Crippen molar-refractivity contribution in [3.05, 3.63) is 57.1 Å². The summed E-state index contributed by atoms with van der Waals surface area (Å²) >= 11 is 0. The molecule has 10 nitrogen and oxygen atoms in total. The highest BCUT2D eigenvalue weighted by atomic mass is 16.6. The highest BCUT2D eigenvalue weighted by Crippen LogP contribution is 2.35. The molecule has 2 rings (SSSR count). The predicted molar refractivity (Wildman–Crippen MR) is 113 cm³/mol. The number of nitrogens with two attached hydrogens (primary N) is 1. The summed E-state index contributed by atoms with van der Waals surface area (Å²) in [6.45, 7) is 3.39. The third-order valence-corrected chi connectivity index (χ3v) is 4.86. The van der Waals surface area contributed by atoms with Crippen LogP contribution in [0.25, 0.3) is 11.1 Å². The number of unbranched alkanes of at least 4 members (excludes halogenated alkanes) is 1. The van der Waals surface area contributed by atoms with E-state index in [1.54, 1.807) is 0 Å². The Hall–Kier alpha value is -3.79. The summed E-state index contributed by atoms with van der Waals surface area (Å²) in [6, 6.07) is 5.23. The Morgan fingerprint density at radius 1 is 1.16 bits per heavy atom. The fraction of sp³-hybridized carbons (Fsp3) is 0.286. The number of non-ortho nitro benzene ring substituents is 1. The second-order valence-electron chi connectivity index (χ2n) is 7.00. The van der Waals surface area contributed by atoms with E-state index >= 15 is 0 Å². The average Bonchev–Trinajstić information content (AvgIpc) is 2.72.